The van der Waals surface area contributed by atoms with Gasteiger partial charge in [0.25, 0.3) is 0 Å². The predicted molar refractivity (Wildman–Crippen MR) is 65.4 cm³/mol. The molecule has 0 saturated carbocycles. The number of hydrogen-bond donors (Lipinski definition) is 1. The topological polar surface area (TPSA) is 65.1 Å². The smallest absolute Gasteiger partial charge is 0.223 e. The summed E-state index contributed by atoms with van der Waals surface area (Å²) in [5.41, 5.74) is 0. The lowest BCUT2D eigenvalue weighted by atomic mass is 10.3. The third kappa shape index (κ3) is 4.52. The van der Waals surface area contributed by atoms with Crippen LogP contribution in [0, 0.1) is 0 Å². The van der Waals surface area contributed by atoms with Gasteiger partial charge in [-0.1, -0.05) is 6.92 Å². The molecule has 1 aromatic rings. The van der Waals surface area contributed by atoms with Crippen LogP contribution < -0.4 is 0 Å². The molecule has 0 radical (unpaired) electrons. The summed E-state index contributed by atoms with van der Waals surface area (Å²) in [6, 6.07) is 0. The Morgan fingerprint density at radius 3 is 2.59 bits per heavy atom. The number of nitrogens with zero attached hydrogens (tertiary/aromatic N) is 4. The van der Waals surface area contributed by atoms with Crippen LogP contribution in [0.25, 0.3) is 0 Å². The highest BCUT2D eigenvalue weighted by atomic mass is 16.2. The fraction of sp³-hybridized carbons (Fsp3) is 0.727. The molecule has 17 heavy (non-hydrogen) atoms. The molecule has 0 fully saturated rings. The van der Waals surface area contributed by atoms with E-state index in [4.69, 9.17) is 0 Å². The highest BCUT2D eigenvalue weighted by Crippen LogP contribution is 1.99. The monoisotopic (exact) mass is 239 g/mol. The van der Waals surface area contributed by atoms with E-state index in [9.17, 15) is 4.79 Å². The lowest BCUT2D eigenvalue weighted by Crippen LogP contribution is -2.28. The molecule has 0 bridgehead atoms. The van der Waals surface area contributed by atoms with E-state index in [2.05, 4.69) is 20.1 Å². The largest absolute Gasteiger partial charge is 0.349 e. The standard InChI is InChI=1S/C11H21N5O/c1-5-9-12-10(14-13-9)8-16(4)7-6-11(17)15(2)3/h5-8H2,1-4H3,(H,12,13,14). The Hall–Kier alpha value is -1.43. The van der Waals surface area contributed by atoms with E-state index >= 15 is 0 Å². The van der Waals surface area contributed by atoms with Crippen LogP contribution in [0.4, 0.5) is 0 Å². The van der Waals surface area contributed by atoms with Gasteiger partial charge < -0.3 is 4.90 Å². The molecular formula is C11H21N5O. The SMILES string of the molecule is CCc1n[nH]c(CN(C)CCC(=O)N(C)C)n1. The molecule has 1 aromatic heterocycles. The first kappa shape index (κ1) is 13.6. The number of carbonyl (C=O) groups is 1. The Morgan fingerprint density at radius 1 is 1.35 bits per heavy atom. The van der Waals surface area contributed by atoms with Crippen LogP contribution in [0.15, 0.2) is 0 Å². The van der Waals surface area contributed by atoms with Crippen LogP contribution in [0.5, 0.6) is 0 Å². The van der Waals surface area contributed by atoms with Crippen LogP contribution in [0.1, 0.15) is 25.0 Å². The molecule has 0 aliphatic carbocycles. The summed E-state index contributed by atoms with van der Waals surface area (Å²) in [4.78, 5) is 19.4. The molecule has 0 unspecified atom stereocenters. The molecule has 0 aliphatic heterocycles. The number of amides is 1. The average Bonchev–Trinajstić information content (AvgIpc) is 2.73. The molecule has 6 nitrogen and oxygen atoms in total. The molecule has 0 saturated heterocycles. The van der Waals surface area contributed by atoms with Gasteiger partial charge in [0.2, 0.25) is 5.91 Å². The van der Waals surface area contributed by atoms with E-state index in [1.54, 1.807) is 19.0 Å². The maximum absolute atomic E-state index is 11.4. The number of aromatic amines is 1. The maximum Gasteiger partial charge on any atom is 0.223 e. The lowest BCUT2D eigenvalue weighted by molar-refractivity contribution is -0.129. The molecule has 1 rings (SSSR count). The minimum atomic E-state index is 0.142. The molecule has 0 aliphatic rings. The average molecular weight is 239 g/mol. The van der Waals surface area contributed by atoms with Gasteiger partial charge in [-0.3, -0.25) is 14.8 Å². The summed E-state index contributed by atoms with van der Waals surface area (Å²) in [6.07, 6.45) is 1.36. The summed E-state index contributed by atoms with van der Waals surface area (Å²) in [5, 5.41) is 6.97. The molecule has 1 heterocycles. The van der Waals surface area contributed by atoms with E-state index in [1.165, 1.54) is 0 Å². The third-order valence-electron chi connectivity index (χ3n) is 2.52. The molecule has 0 atom stereocenters. The molecular weight excluding hydrogens is 218 g/mol. The number of aryl methyl sites for hydroxylation is 1. The zero-order valence-electron chi connectivity index (χ0n) is 11.0. The number of H-pyrrole nitrogens is 1. The molecule has 0 spiro atoms. The van der Waals surface area contributed by atoms with Crippen molar-refractivity contribution in [1.29, 1.82) is 0 Å². The number of nitrogens with one attached hydrogen (secondary N) is 1. The van der Waals surface area contributed by atoms with Crippen LogP contribution >= 0.6 is 0 Å². The Balaban J connectivity index is 2.34. The highest BCUT2D eigenvalue weighted by molar-refractivity contribution is 5.75. The quantitative estimate of drug-likeness (QED) is 0.774. The van der Waals surface area contributed by atoms with Crippen molar-refractivity contribution in [3.8, 4) is 0 Å². The number of hydrogen-bond acceptors (Lipinski definition) is 4. The second kappa shape index (κ2) is 6.34. The number of aromatic nitrogens is 3. The van der Waals surface area contributed by atoms with Crippen LogP contribution in [-0.4, -0.2) is 58.6 Å². The normalized spacial score (nSPS) is 10.9. The van der Waals surface area contributed by atoms with Gasteiger partial charge >= 0.3 is 0 Å². The first-order valence-electron chi connectivity index (χ1n) is 5.81. The van der Waals surface area contributed by atoms with Crippen molar-refractivity contribution in [2.24, 2.45) is 0 Å². The van der Waals surface area contributed by atoms with E-state index in [0.29, 0.717) is 13.0 Å². The van der Waals surface area contributed by atoms with Crippen molar-refractivity contribution in [1.82, 2.24) is 25.0 Å². The fourth-order valence-electron chi connectivity index (χ4n) is 1.41. The van der Waals surface area contributed by atoms with Crippen LogP contribution in [-0.2, 0) is 17.8 Å². The van der Waals surface area contributed by atoms with E-state index in [0.717, 1.165) is 24.6 Å². The lowest BCUT2D eigenvalue weighted by Gasteiger charge is -2.16. The van der Waals surface area contributed by atoms with Crippen molar-refractivity contribution < 1.29 is 4.79 Å². The fourth-order valence-corrected chi connectivity index (χ4v) is 1.41. The number of carbonyl (C=O) groups excluding carboxylic acids is 1. The summed E-state index contributed by atoms with van der Waals surface area (Å²) in [7, 11) is 5.51. The van der Waals surface area contributed by atoms with E-state index < -0.39 is 0 Å². The van der Waals surface area contributed by atoms with Crippen LogP contribution in [0.2, 0.25) is 0 Å². The highest BCUT2D eigenvalue weighted by Gasteiger charge is 2.08. The van der Waals surface area contributed by atoms with Crippen molar-refractivity contribution in [3.63, 3.8) is 0 Å². The van der Waals surface area contributed by atoms with Crippen molar-refractivity contribution in [2.45, 2.75) is 26.3 Å². The molecule has 1 amide bonds. The Labute approximate surface area is 102 Å². The van der Waals surface area contributed by atoms with Gasteiger partial charge in [0.05, 0.1) is 6.54 Å². The molecule has 1 N–H and O–H groups in total. The van der Waals surface area contributed by atoms with Gasteiger partial charge in [0.1, 0.15) is 11.6 Å². The zero-order chi connectivity index (χ0) is 12.8. The second-order valence-corrected chi connectivity index (χ2v) is 4.33. The molecule has 6 heteroatoms. The van der Waals surface area contributed by atoms with Crippen molar-refractivity contribution >= 4 is 5.91 Å². The zero-order valence-corrected chi connectivity index (χ0v) is 11.0. The Bertz CT molecular complexity index is 360. The van der Waals surface area contributed by atoms with E-state index in [-0.39, 0.29) is 5.91 Å². The molecule has 96 valence electrons. The minimum Gasteiger partial charge on any atom is -0.349 e. The minimum absolute atomic E-state index is 0.142. The molecule has 0 aromatic carbocycles. The summed E-state index contributed by atoms with van der Waals surface area (Å²) in [5.74, 6) is 1.82. The summed E-state index contributed by atoms with van der Waals surface area (Å²) >= 11 is 0. The summed E-state index contributed by atoms with van der Waals surface area (Å²) in [6.45, 7) is 3.43. The van der Waals surface area contributed by atoms with Gasteiger partial charge in [-0.05, 0) is 7.05 Å². The van der Waals surface area contributed by atoms with Gasteiger partial charge in [0, 0.05) is 33.5 Å². The van der Waals surface area contributed by atoms with Gasteiger partial charge in [0.15, 0.2) is 0 Å². The van der Waals surface area contributed by atoms with Crippen LogP contribution in [0.3, 0.4) is 0 Å². The predicted octanol–water partition coefficient (Wildman–Crippen LogP) is 0.277. The Morgan fingerprint density at radius 2 is 2.06 bits per heavy atom. The van der Waals surface area contributed by atoms with Gasteiger partial charge in [-0.25, -0.2) is 4.98 Å². The maximum atomic E-state index is 11.4. The third-order valence-corrected chi connectivity index (χ3v) is 2.52. The second-order valence-electron chi connectivity index (χ2n) is 4.33. The summed E-state index contributed by atoms with van der Waals surface area (Å²) < 4.78 is 0. The van der Waals surface area contributed by atoms with Crippen molar-refractivity contribution in [2.75, 3.05) is 27.7 Å². The van der Waals surface area contributed by atoms with Crippen molar-refractivity contribution in [3.05, 3.63) is 11.6 Å². The van der Waals surface area contributed by atoms with Gasteiger partial charge in [-0.15, -0.1) is 0 Å². The first-order valence-corrected chi connectivity index (χ1v) is 5.81. The Kier molecular flexibility index (Phi) is 5.09. The first-order chi connectivity index (χ1) is 8.02. The van der Waals surface area contributed by atoms with Gasteiger partial charge in [-0.2, -0.15) is 5.10 Å². The number of rotatable bonds is 6. The van der Waals surface area contributed by atoms with E-state index in [1.807, 2.05) is 14.0 Å².